The molecule has 5 nitrogen and oxygen atoms in total. The highest BCUT2D eigenvalue weighted by molar-refractivity contribution is 5.61. The van der Waals surface area contributed by atoms with Crippen molar-refractivity contribution in [2.24, 2.45) is 0 Å². The van der Waals surface area contributed by atoms with Crippen LogP contribution in [0.3, 0.4) is 0 Å². The van der Waals surface area contributed by atoms with E-state index in [0.717, 1.165) is 5.56 Å². The van der Waals surface area contributed by atoms with Crippen LogP contribution in [0.1, 0.15) is 36.6 Å². The molecule has 1 N–H and O–H groups in total. The Kier molecular flexibility index (Phi) is 5.28. The fourth-order valence-corrected chi connectivity index (χ4v) is 3.31. The zero-order valence-corrected chi connectivity index (χ0v) is 17.5. The third kappa shape index (κ3) is 4.10. The van der Waals surface area contributed by atoms with Crippen molar-refractivity contribution in [3.05, 3.63) is 83.2 Å². The summed E-state index contributed by atoms with van der Waals surface area (Å²) < 4.78 is 53.0. The van der Waals surface area contributed by atoms with E-state index in [1.54, 1.807) is 42.5 Å². The van der Waals surface area contributed by atoms with Crippen molar-refractivity contribution in [1.82, 2.24) is 25.1 Å². The molecule has 32 heavy (non-hydrogen) atoms. The smallest absolute Gasteiger partial charge is 0.257 e. The first-order valence-corrected chi connectivity index (χ1v) is 9.77. The number of hydrogen-bond donors (Lipinski definition) is 1. The monoisotopic (exact) mass is 441 g/mol. The van der Waals surface area contributed by atoms with Crippen LogP contribution in [0.25, 0.3) is 22.8 Å². The third-order valence-corrected chi connectivity index (χ3v) is 5.16. The lowest BCUT2D eigenvalue weighted by Gasteiger charge is -2.24. The van der Waals surface area contributed by atoms with Crippen LogP contribution in [0.4, 0.5) is 17.6 Å². The lowest BCUT2D eigenvalue weighted by Crippen LogP contribution is -2.22. The molecule has 0 saturated heterocycles. The Bertz CT molecular complexity index is 1280. The number of rotatable bonds is 4. The summed E-state index contributed by atoms with van der Waals surface area (Å²) in [5, 5.41) is 5.51. The lowest BCUT2D eigenvalue weighted by molar-refractivity contribution is -0.144. The van der Waals surface area contributed by atoms with Gasteiger partial charge in [-0.25, -0.2) is 14.4 Å². The number of halogens is 4. The van der Waals surface area contributed by atoms with Gasteiger partial charge in [0.2, 0.25) is 0 Å². The summed E-state index contributed by atoms with van der Waals surface area (Å²) in [6.45, 7) is 5.58. The van der Waals surface area contributed by atoms with E-state index in [1.807, 2.05) is 26.8 Å². The Morgan fingerprint density at radius 1 is 0.812 bits per heavy atom. The lowest BCUT2D eigenvalue weighted by atomic mass is 9.84. The van der Waals surface area contributed by atoms with E-state index >= 15 is 0 Å². The molecule has 4 aromatic rings. The molecular weight excluding hydrogens is 422 g/mol. The number of hydrogen-bond acceptors (Lipinski definition) is 4. The van der Waals surface area contributed by atoms with Crippen molar-refractivity contribution in [3.8, 4) is 22.8 Å². The predicted octanol–water partition coefficient (Wildman–Crippen LogP) is 5.72. The van der Waals surface area contributed by atoms with E-state index in [1.165, 1.54) is 6.07 Å². The highest BCUT2D eigenvalue weighted by Gasteiger charge is 2.36. The van der Waals surface area contributed by atoms with E-state index in [4.69, 9.17) is 0 Å². The zero-order valence-electron chi connectivity index (χ0n) is 17.5. The van der Waals surface area contributed by atoms with E-state index < -0.39 is 17.4 Å². The van der Waals surface area contributed by atoms with Gasteiger partial charge in [-0.15, -0.1) is 5.10 Å². The van der Waals surface area contributed by atoms with Gasteiger partial charge in [0.05, 0.1) is 17.1 Å². The topological polar surface area (TPSA) is 67.3 Å². The minimum Gasteiger partial charge on any atom is -0.257 e. The SMILES string of the molecule is Cc1ccc(-c2cccc(C(C)(C)c3cccc(-c4nc(C(F)(F)F)n[nH]4)n3)n2)c(F)c1. The van der Waals surface area contributed by atoms with Gasteiger partial charge in [-0.2, -0.15) is 13.2 Å². The van der Waals surface area contributed by atoms with Crippen molar-refractivity contribution < 1.29 is 17.6 Å². The number of nitrogens with zero attached hydrogens (tertiary/aromatic N) is 4. The van der Waals surface area contributed by atoms with Gasteiger partial charge in [0.15, 0.2) is 5.82 Å². The van der Waals surface area contributed by atoms with Crippen molar-refractivity contribution in [3.63, 3.8) is 0 Å². The number of benzene rings is 1. The fraction of sp³-hybridized carbons (Fsp3) is 0.217. The van der Waals surface area contributed by atoms with Crippen LogP contribution >= 0.6 is 0 Å². The van der Waals surface area contributed by atoms with Crippen LogP contribution in [0.2, 0.25) is 0 Å². The predicted molar refractivity (Wildman–Crippen MR) is 111 cm³/mol. The number of nitrogens with one attached hydrogen (secondary N) is 1. The summed E-state index contributed by atoms with van der Waals surface area (Å²) in [6, 6.07) is 15.3. The van der Waals surface area contributed by atoms with E-state index in [9.17, 15) is 17.6 Å². The maximum atomic E-state index is 14.5. The van der Waals surface area contributed by atoms with Crippen LogP contribution in [0, 0.1) is 12.7 Å². The summed E-state index contributed by atoms with van der Waals surface area (Å²) in [5.41, 5.74) is 2.37. The molecule has 3 heterocycles. The molecule has 0 atom stereocenters. The molecule has 0 radical (unpaired) electrons. The molecule has 0 amide bonds. The summed E-state index contributed by atoms with van der Waals surface area (Å²) in [6.07, 6.45) is -4.65. The largest absolute Gasteiger partial charge is 0.453 e. The van der Waals surface area contributed by atoms with Crippen LogP contribution in [-0.4, -0.2) is 25.1 Å². The molecule has 3 aromatic heterocycles. The van der Waals surface area contributed by atoms with Crippen LogP contribution < -0.4 is 0 Å². The maximum Gasteiger partial charge on any atom is 0.453 e. The highest BCUT2D eigenvalue weighted by Crippen LogP contribution is 2.33. The van der Waals surface area contributed by atoms with E-state index in [-0.39, 0.29) is 17.3 Å². The molecule has 0 aliphatic rings. The number of aromatic amines is 1. The van der Waals surface area contributed by atoms with Gasteiger partial charge in [0, 0.05) is 11.0 Å². The number of pyridine rings is 2. The number of aromatic nitrogens is 5. The first-order chi connectivity index (χ1) is 15.1. The molecule has 9 heteroatoms. The first-order valence-electron chi connectivity index (χ1n) is 9.77. The normalized spacial score (nSPS) is 12.2. The van der Waals surface area contributed by atoms with Crippen molar-refractivity contribution in [1.29, 1.82) is 0 Å². The summed E-state index contributed by atoms with van der Waals surface area (Å²) in [4.78, 5) is 12.7. The second-order valence-electron chi connectivity index (χ2n) is 7.93. The van der Waals surface area contributed by atoms with Crippen molar-refractivity contribution in [2.75, 3.05) is 0 Å². The summed E-state index contributed by atoms with van der Waals surface area (Å²) in [5.74, 6) is -1.70. The van der Waals surface area contributed by atoms with Gasteiger partial charge >= 0.3 is 6.18 Å². The molecule has 4 rings (SSSR count). The van der Waals surface area contributed by atoms with Gasteiger partial charge in [0.1, 0.15) is 11.5 Å². The van der Waals surface area contributed by atoms with Gasteiger partial charge in [-0.3, -0.25) is 10.1 Å². The Labute approximate surface area is 181 Å². The molecule has 0 aliphatic carbocycles. The van der Waals surface area contributed by atoms with Crippen LogP contribution in [0.5, 0.6) is 0 Å². The quantitative estimate of drug-likeness (QED) is 0.411. The number of aryl methyl sites for hydroxylation is 1. The Balaban J connectivity index is 1.71. The summed E-state index contributed by atoms with van der Waals surface area (Å²) >= 11 is 0. The molecule has 164 valence electrons. The molecular formula is C23H19F4N5. The Morgan fingerprint density at radius 2 is 1.44 bits per heavy atom. The minimum absolute atomic E-state index is 0.0848. The standard InChI is InChI=1S/C23H19F4N5/c1-13-10-11-14(15(24)12-13)16-6-4-8-18(28-16)22(2,3)19-9-5-7-17(29-19)20-30-21(32-31-20)23(25,26)27/h4-12H,1-3H3,(H,30,31,32). The van der Waals surface area contributed by atoms with Crippen molar-refractivity contribution in [2.45, 2.75) is 32.4 Å². The van der Waals surface area contributed by atoms with Crippen LogP contribution in [0.15, 0.2) is 54.6 Å². The third-order valence-electron chi connectivity index (χ3n) is 5.16. The zero-order chi connectivity index (χ0) is 23.1. The number of alkyl halides is 3. The number of H-pyrrole nitrogens is 1. The fourth-order valence-electron chi connectivity index (χ4n) is 3.31. The van der Waals surface area contributed by atoms with Gasteiger partial charge < -0.3 is 0 Å². The molecule has 0 fully saturated rings. The second kappa shape index (κ2) is 7.81. The van der Waals surface area contributed by atoms with Gasteiger partial charge in [0.25, 0.3) is 5.82 Å². The second-order valence-corrected chi connectivity index (χ2v) is 7.93. The highest BCUT2D eigenvalue weighted by atomic mass is 19.4. The minimum atomic E-state index is -4.65. The van der Waals surface area contributed by atoms with Crippen molar-refractivity contribution >= 4 is 0 Å². The molecule has 0 saturated carbocycles. The van der Waals surface area contributed by atoms with E-state index in [2.05, 4.69) is 25.1 Å². The van der Waals surface area contributed by atoms with Crippen LogP contribution in [-0.2, 0) is 11.6 Å². The maximum absolute atomic E-state index is 14.5. The first kappa shape index (κ1) is 21.6. The van der Waals surface area contributed by atoms with Gasteiger partial charge in [-0.1, -0.05) is 18.2 Å². The molecule has 0 bridgehead atoms. The molecule has 0 spiro atoms. The van der Waals surface area contributed by atoms with E-state index in [0.29, 0.717) is 22.6 Å². The Hall–Kier alpha value is -3.62. The summed E-state index contributed by atoms with van der Waals surface area (Å²) in [7, 11) is 0. The van der Waals surface area contributed by atoms with Gasteiger partial charge in [-0.05, 0) is 62.7 Å². The average Bonchev–Trinajstić information content (AvgIpc) is 3.25. The molecule has 1 aromatic carbocycles. The Morgan fingerprint density at radius 3 is 2.03 bits per heavy atom. The molecule has 0 aliphatic heterocycles. The average molecular weight is 441 g/mol. The molecule has 0 unspecified atom stereocenters.